The summed E-state index contributed by atoms with van der Waals surface area (Å²) in [7, 11) is 0. The molecule has 182 valence electrons. The molecule has 0 aliphatic carbocycles. The zero-order valence-electron chi connectivity index (χ0n) is 19.7. The number of piperidine rings is 3. The molecule has 8 heteroatoms. The summed E-state index contributed by atoms with van der Waals surface area (Å²) in [6.45, 7) is 4.60. The zero-order valence-corrected chi connectivity index (χ0v) is 20.5. The molecular formula is C27H30N3O4S+. The number of thiazole rings is 1. The number of hydrogen-bond acceptors (Lipinski definition) is 6. The monoisotopic (exact) mass is 492 g/mol. The molecular weight excluding hydrogens is 462 g/mol. The normalized spacial score (nSPS) is 23.6. The lowest BCUT2D eigenvalue weighted by molar-refractivity contribution is -0.939. The van der Waals surface area contributed by atoms with Gasteiger partial charge in [0.05, 0.1) is 13.1 Å². The Bertz CT molecular complexity index is 1150. The summed E-state index contributed by atoms with van der Waals surface area (Å²) in [6, 6.07) is 17.8. The van der Waals surface area contributed by atoms with Gasteiger partial charge < -0.3 is 14.3 Å². The minimum atomic E-state index is -1.90. The average Bonchev–Trinajstić information content (AvgIpc) is 3.29. The molecule has 3 aliphatic heterocycles. The molecule has 3 saturated heterocycles. The molecule has 0 saturated carbocycles. The molecule has 3 fully saturated rings. The van der Waals surface area contributed by atoms with Crippen LogP contribution in [0.25, 0.3) is 0 Å². The van der Waals surface area contributed by atoms with Gasteiger partial charge in [-0.1, -0.05) is 60.7 Å². The van der Waals surface area contributed by atoms with Gasteiger partial charge in [-0.2, -0.15) is 0 Å². The number of hydrogen-bond donors (Lipinski definition) is 2. The Balaban J connectivity index is 1.33. The van der Waals surface area contributed by atoms with Crippen molar-refractivity contribution in [3.63, 3.8) is 0 Å². The highest BCUT2D eigenvalue weighted by atomic mass is 32.1. The summed E-state index contributed by atoms with van der Waals surface area (Å²) in [5.74, 6) is -0.510. The van der Waals surface area contributed by atoms with Crippen LogP contribution in [0.5, 0.6) is 0 Å². The number of aromatic nitrogens is 1. The maximum atomic E-state index is 13.6. The van der Waals surface area contributed by atoms with Crippen molar-refractivity contribution in [3.8, 4) is 0 Å². The van der Waals surface area contributed by atoms with Gasteiger partial charge in [-0.15, -0.1) is 11.3 Å². The molecule has 3 aromatic rings. The second-order valence-electron chi connectivity index (χ2n) is 9.68. The van der Waals surface area contributed by atoms with Crippen LogP contribution in [0.4, 0.5) is 5.13 Å². The molecule has 0 spiro atoms. The first-order valence-corrected chi connectivity index (χ1v) is 12.8. The fourth-order valence-electron chi connectivity index (χ4n) is 5.44. The molecule has 2 N–H and O–H groups in total. The fourth-order valence-corrected chi connectivity index (χ4v) is 6.12. The number of carbonyl (C=O) groups is 2. The lowest BCUT2D eigenvalue weighted by atomic mass is 9.82. The lowest BCUT2D eigenvalue weighted by Crippen LogP contribution is -2.66. The van der Waals surface area contributed by atoms with E-state index in [-0.39, 0.29) is 17.9 Å². The van der Waals surface area contributed by atoms with E-state index in [1.165, 1.54) is 11.3 Å². The SMILES string of the molecule is Cc1cnc(NC(=O)C[N+]23CCC(CC2)[C@@H](OC(=O)C(O)(c2ccccc2)c2ccccc2)C3)s1. The third-order valence-corrected chi connectivity index (χ3v) is 8.15. The highest BCUT2D eigenvalue weighted by molar-refractivity contribution is 7.15. The summed E-state index contributed by atoms with van der Waals surface area (Å²) < 4.78 is 6.66. The number of aryl methyl sites for hydroxylation is 1. The van der Waals surface area contributed by atoms with E-state index in [2.05, 4.69) is 10.3 Å². The van der Waals surface area contributed by atoms with E-state index in [0.717, 1.165) is 30.8 Å². The highest BCUT2D eigenvalue weighted by Gasteiger charge is 2.51. The molecule has 1 aromatic heterocycles. The minimum absolute atomic E-state index is 0.0742. The summed E-state index contributed by atoms with van der Waals surface area (Å²) in [5, 5.41) is 15.3. The molecule has 3 aliphatic rings. The van der Waals surface area contributed by atoms with Gasteiger partial charge >= 0.3 is 5.97 Å². The zero-order chi connectivity index (χ0) is 24.5. The molecule has 4 heterocycles. The highest BCUT2D eigenvalue weighted by Crippen LogP contribution is 2.38. The first-order valence-electron chi connectivity index (χ1n) is 12.0. The number of esters is 1. The van der Waals surface area contributed by atoms with Crippen LogP contribution in [0, 0.1) is 12.8 Å². The van der Waals surface area contributed by atoms with E-state index < -0.39 is 11.6 Å². The van der Waals surface area contributed by atoms with Crippen molar-refractivity contribution >= 4 is 28.3 Å². The topological polar surface area (TPSA) is 88.5 Å². The Morgan fingerprint density at radius 2 is 1.69 bits per heavy atom. The van der Waals surface area contributed by atoms with Crippen molar-refractivity contribution in [2.45, 2.75) is 31.5 Å². The van der Waals surface area contributed by atoms with E-state index in [1.807, 2.05) is 19.1 Å². The lowest BCUT2D eigenvalue weighted by Gasteiger charge is -2.51. The number of aliphatic hydroxyl groups is 1. The van der Waals surface area contributed by atoms with E-state index in [0.29, 0.717) is 33.8 Å². The number of nitrogens with zero attached hydrogens (tertiary/aromatic N) is 2. The van der Waals surface area contributed by atoms with Crippen molar-refractivity contribution in [2.75, 3.05) is 31.5 Å². The van der Waals surface area contributed by atoms with Gasteiger partial charge in [0.2, 0.25) is 5.60 Å². The van der Waals surface area contributed by atoms with Crippen molar-refractivity contribution in [2.24, 2.45) is 5.92 Å². The number of nitrogens with one attached hydrogen (secondary N) is 1. The number of carbonyl (C=O) groups excluding carboxylic acids is 2. The van der Waals surface area contributed by atoms with E-state index in [1.54, 1.807) is 54.7 Å². The van der Waals surface area contributed by atoms with Gasteiger partial charge in [-0.05, 0) is 18.1 Å². The number of fused-ring (bicyclic) bond motifs is 3. The number of benzene rings is 2. The van der Waals surface area contributed by atoms with Crippen LogP contribution in [0.1, 0.15) is 28.8 Å². The van der Waals surface area contributed by atoms with Crippen molar-refractivity contribution in [3.05, 3.63) is 82.9 Å². The first kappa shape index (κ1) is 23.7. The van der Waals surface area contributed by atoms with Crippen LogP contribution in [0.2, 0.25) is 0 Å². The van der Waals surface area contributed by atoms with Crippen LogP contribution in [-0.4, -0.2) is 58.7 Å². The summed E-state index contributed by atoms with van der Waals surface area (Å²) in [4.78, 5) is 31.7. The average molecular weight is 493 g/mol. The van der Waals surface area contributed by atoms with Crippen LogP contribution in [0.15, 0.2) is 66.9 Å². The maximum absolute atomic E-state index is 13.6. The van der Waals surface area contributed by atoms with E-state index >= 15 is 0 Å². The number of quaternary nitrogens is 1. The number of ether oxygens (including phenoxy) is 1. The molecule has 6 rings (SSSR count). The smallest absolute Gasteiger partial charge is 0.348 e. The Hall–Kier alpha value is -3.07. The Kier molecular flexibility index (Phi) is 6.44. The summed E-state index contributed by atoms with van der Waals surface area (Å²) in [6.07, 6.45) is 3.17. The molecule has 1 atom stereocenters. The molecule has 2 aromatic carbocycles. The maximum Gasteiger partial charge on any atom is 0.348 e. The Labute approximate surface area is 209 Å². The number of amides is 1. The van der Waals surface area contributed by atoms with Gasteiger partial charge in [-0.3, -0.25) is 10.1 Å². The third-order valence-electron chi connectivity index (χ3n) is 7.33. The van der Waals surface area contributed by atoms with Gasteiger partial charge in [0.25, 0.3) is 5.91 Å². The van der Waals surface area contributed by atoms with Crippen molar-refractivity contribution in [1.82, 2.24) is 4.98 Å². The third kappa shape index (κ3) is 4.74. The van der Waals surface area contributed by atoms with Gasteiger partial charge in [0, 0.05) is 29.8 Å². The second kappa shape index (κ2) is 9.53. The predicted molar refractivity (Wildman–Crippen MR) is 134 cm³/mol. The summed E-state index contributed by atoms with van der Waals surface area (Å²) >= 11 is 1.45. The van der Waals surface area contributed by atoms with Gasteiger partial charge in [0.15, 0.2) is 17.8 Å². The summed E-state index contributed by atoms with van der Waals surface area (Å²) in [5.41, 5.74) is -0.960. The van der Waals surface area contributed by atoms with Crippen molar-refractivity contribution in [1.29, 1.82) is 0 Å². The minimum Gasteiger partial charge on any atom is -0.453 e. The molecule has 1 amide bonds. The quantitative estimate of drug-likeness (QED) is 0.390. The largest absolute Gasteiger partial charge is 0.453 e. The van der Waals surface area contributed by atoms with E-state index in [4.69, 9.17) is 4.74 Å². The molecule has 7 nitrogen and oxygen atoms in total. The second-order valence-corrected chi connectivity index (χ2v) is 10.9. The predicted octanol–water partition coefficient (Wildman–Crippen LogP) is 3.48. The molecule has 0 radical (unpaired) electrons. The van der Waals surface area contributed by atoms with Crippen LogP contribution >= 0.6 is 11.3 Å². The van der Waals surface area contributed by atoms with Gasteiger partial charge in [-0.25, -0.2) is 9.78 Å². The number of rotatable bonds is 7. The van der Waals surface area contributed by atoms with Gasteiger partial charge in [0.1, 0.15) is 6.54 Å². The van der Waals surface area contributed by atoms with Crippen molar-refractivity contribution < 1.29 is 23.9 Å². The Morgan fingerprint density at radius 3 is 2.23 bits per heavy atom. The number of anilines is 1. The van der Waals surface area contributed by atoms with Crippen LogP contribution < -0.4 is 5.32 Å². The molecule has 2 bridgehead atoms. The Morgan fingerprint density at radius 1 is 1.09 bits per heavy atom. The fraction of sp³-hybridized carbons (Fsp3) is 0.370. The first-order chi connectivity index (χ1) is 16.9. The van der Waals surface area contributed by atoms with Crippen LogP contribution in [-0.2, 0) is 19.9 Å². The van der Waals surface area contributed by atoms with Crippen LogP contribution in [0.3, 0.4) is 0 Å². The molecule has 35 heavy (non-hydrogen) atoms. The van der Waals surface area contributed by atoms with E-state index in [9.17, 15) is 14.7 Å². The molecule has 0 unspecified atom stereocenters. The standard InChI is InChI=1S/C27H29N3O4S/c1-19-16-28-26(35-19)29-24(31)18-30-14-12-20(13-15-30)23(17-30)34-25(32)27(33,21-8-4-2-5-9-21)22-10-6-3-7-11-22/h2-11,16,20,23,33H,12-15,17-18H2,1H3/p+1/t20?,23-,30?/m0/s1.